The molecule has 0 spiro atoms. The van der Waals surface area contributed by atoms with Crippen molar-refractivity contribution >= 4 is 18.4 Å². The second-order valence-electron chi connectivity index (χ2n) is 2.47. The van der Waals surface area contributed by atoms with Gasteiger partial charge >= 0.3 is 5.97 Å². The minimum absolute atomic E-state index is 0. The Labute approximate surface area is 80.1 Å². The summed E-state index contributed by atoms with van der Waals surface area (Å²) in [4.78, 5) is 10.7. The van der Waals surface area contributed by atoms with E-state index >= 15 is 0 Å². The van der Waals surface area contributed by atoms with Crippen LogP contribution in [0.2, 0.25) is 0 Å². The number of unbranched alkanes of at least 4 members (excludes halogenated alkanes) is 2. The lowest BCUT2D eigenvalue weighted by molar-refractivity contribution is -0.143. The monoisotopic (exact) mass is 195 g/mol. The Hall–Kier alpha value is -0.280. The smallest absolute Gasteiger partial charge is 0.307 e. The van der Waals surface area contributed by atoms with Crippen molar-refractivity contribution in [3.8, 4) is 0 Å². The van der Waals surface area contributed by atoms with Gasteiger partial charge in [0.15, 0.2) is 0 Å². The van der Waals surface area contributed by atoms with E-state index in [9.17, 15) is 4.79 Å². The molecule has 0 atom stereocenters. The van der Waals surface area contributed by atoms with Crippen LogP contribution in [0.3, 0.4) is 0 Å². The van der Waals surface area contributed by atoms with Crippen molar-refractivity contribution in [2.45, 2.75) is 32.6 Å². The average Bonchev–Trinajstić information content (AvgIpc) is 1.99. The molecule has 0 aliphatic rings. The predicted molar refractivity (Wildman–Crippen MR) is 51.4 cm³/mol. The second kappa shape index (κ2) is 10.7. The van der Waals surface area contributed by atoms with Crippen molar-refractivity contribution < 1.29 is 9.53 Å². The van der Waals surface area contributed by atoms with Gasteiger partial charge in [-0.05, 0) is 6.42 Å². The molecule has 0 saturated carbocycles. The summed E-state index contributed by atoms with van der Waals surface area (Å²) < 4.78 is 4.87. The molecule has 4 heteroatoms. The number of carbonyl (C=O) groups excluding carboxylic acids is 1. The Morgan fingerprint density at radius 2 is 2.08 bits per heavy atom. The van der Waals surface area contributed by atoms with Gasteiger partial charge < -0.3 is 10.5 Å². The van der Waals surface area contributed by atoms with Crippen LogP contribution in [0.25, 0.3) is 0 Å². The van der Waals surface area contributed by atoms with Crippen LogP contribution in [0.1, 0.15) is 32.6 Å². The van der Waals surface area contributed by atoms with Crippen LogP contribution < -0.4 is 5.73 Å². The maximum atomic E-state index is 10.7. The largest absolute Gasteiger partial charge is 0.466 e. The zero-order chi connectivity index (χ0) is 8.53. The van der Waals surface area contributed by atoms with Gasteiger partial charge in [-0.3, -0.25) is 4.79 Å². The van der Waals surface area contributed by atoms with Crippen LogP contribution in [-0.2, 0) is 9.53 Å². The third-order valence-electron chi connectivity index (χ3n) is 1.36. The number of ether oxygens (including phenoxy) is 1. The van der Waals surface area contributed by atoms with Gasteiger partial charge in [0.25, 0.3) is 0 Å². The fourth-order valence-corrected chi connectivity index (χ4v) is 0.728. The number of esters is 1. The number of nitrogens with two attached hydrogens (primary N) is 1. The molecule has 74 valence electrons. The van der Waals surface area contributed by atoms with E-state index in [2.05, 4.69) is 6.92 Å². The fourth-order valence-electron chi connectivity index (χ4n) is 0.728. The molecule has 0 saturated heterocycles. The standard InChI is InChI=1S/C8H17NO2.ClH/c1-2-3-4-7-11-8(10)5-6-9;/h2-7,9H2,1H3;1H. The zero-order valence-electron chi connectivity index (χ0n) is 7.54. The first-order chi connectivity index (χ1) is 5.31. The van der Waals surface area contributed by atoms with Gasteiger partial charge in [0.2, 0.25) is 0 Å². The predicted octanol–water partition coefficient (Wildman–Crippen LogP) is 1.49. The molecule has 12 heavy (non-hydrogen) atoms. The molecule has 3 nitrogen and oxygen atoms in total. The highest BCUT2D eigenvalue weighted by molar-refractivity contribution is 5.85. The third kappa shape index (κ3) is 9.72. The molecule has 0 unspecified atom stereocenters. The topological polar surface area (TPSA) is 52.3 Å². The summed E-state index contributed by atoms with van der Waals surface area (Å²) in [6.07, 6.45) is 3.57. The lowest BCUT2D eigenvalue weighted by Crippen LogP contribution is -2.11. The van der Waals surface area contributed by atoms with Crippen LogP contribution >= 0.6 is 12.4 Å². The molecule has 0 aromatic carbocycles. The van der Waals surface area contributed by atoms with Crippen LogP contribution in [-0.4, -0.2) is 19.1 Å². The summed E-state index contributed by atoms with van der Waals surface area (Å²) in [6.45, 7) is 3.04. The zero-order valence-corrected chi connectivity index (χ0v) is 8.36. The molecular formula is C8H18ClNO2. The Morgan fingerprint density at radius 1 is 1.42 bits per heavy atom. The number of carbonyl (C=O) groups is 1. The molecule has 0 amide bonds. The second-order valence-corrected chi connectivity index (χ2v) is 2.47. The number of halogens is 1. The maximum Gasteiger partial charge on any atom is 0.307 e. The lowest BCUT2D eigenvalue weighted by Gasteiger charge is -2.01. The van der Waals surface area contributed by atoms with E-state index in [0.29, 0.717) is 19.6 Å². The van der Waals surface area contributed by atoms with E-state index in [1.54, 1.807) is 0 Å². The van der Waals surface area contributed by atoms with Gasteiger partial charge in [-0.15, -0.1) is 12.4 Å². The van der Waals surface area contributed by atoms with Crippen molar-refractivity contribution in [1.82, 2.24) is 0 Å². The molecule has 0 rings (SSSR count). The van der Waals surface area contributed by atoms with E-state index in [1.165, 1.54) is 0 Å². The average molecular weight is 196 g/mol. The van der Waals surface area contributed by atoms with Crippen molar-refractivity contribution in [3.05, 3.63) is 0 Å². The quantitative estimate of drug-likeness (QED) is 0.516. The first kappa shape index (κ1) is 14.3. The number of rotatable bonds is 6. The van der Waals surface area contributed by atoms with Crippen molar-refractivity contribution in [2.75, 3.05) is 13.2 Å². The highest BCUT2D eigenvalue weighted by atomic mass is 35.5. The van der Waals surface area contributed by atoms with Crippen LogP contribution in [0.15, 0.2) is 0 Å². The van der Waals surface area contributed by atoms with E-state index in [1.807, 2.05) is 0 Å². The molecular weight excluding hydrogens is 178 g/mol. The molecule has 0 bridgehead atoms. The van der Waals surface area contributed by atoms with Gasteiger partial charge in [-0.2, -0.15) is 0 Å². The SMILES string of the molecule is CCCCCOC(=O)CCN.Cl. The summed E-state index contributed by atoms with van der Waals surface area (Å²) in [5.41, 5.74) is 5.16. The van der Waals surface area contributed by atoms with Gasteiger partial charge in [0, 0.05) is 6.54 Å². The van der Waals surface area contributed by atoms with Gasteiger partial charge in [0.1, 0.15) is 0 Å². The molecule has 0 aliphatic carbocycles. The summed E-state index contributed by atoms with van der Waals surface area (Å²) in [5, 5.41) is 0. The van der Waals surface area contributed by atoms with E-state index in [4.69, 9.17) is 10.5 Å². The minimum atomic E-state index is -0.177. The van der Waals surface area contributed by atoms with Crippen LogP contribution in [0.5, 0.6) is 0 Å². The van der Waals surface area contributed by atoms with Crippen LogP contribution in [0, 0.1) is 0 Å². The Bertz CT molecular complexity index is 109. The highest BCUT2D eigenvalue weighted by Crippen LogP contribution is 1.95. The molecule has 0 aliphatic heterocycles. The number of hydrogen-bond acceptors (Lipinski definition) is 3. The van der Waals surface area contributed by atoms with Gasteiger partial charge in [-0.1, -0.05) is 19.8 Å². The molecule has 0 aromatic rings. The summed E-state index contributed by atoms with van der Waals surface area (Å²) in [6, 6.07) is 0. The summed E-state index contributed by atoms with van der Waals surface area (Å²) in [7, 11) is 0. The summed E-state index contributed by atoms with van der Waals surface area (Å²) in [5.74, 6) is -0.177. The normalized spacial score (nSPS) is 8.83. The Kier molecular flexibility index (Phi) is 12.7. The molecule has 0 heterocycles. The van der Waals surface area contributed by atoms with Crippen molar-refractivity contribution in [3.63, 3.8) is 0 Å². The Balaban J connectivity index is 0. The van der Waals surface area contributed by atoms with Crippen molar-refractivity contribution in [2.24, 2.45) is 5.73 Å². The Morgan fingerprint density at radius 3 is 2.58 bits per heavy atom. The number of hydrogen-bond donors (Lipinski definition) is 1. The van der Waals surface area contributed by atoms with E-state index in [-0.39, 0.29) is 18.4 Å². The fraction of sp³-hybridized carbons (Fsp3) is 0.875. The van der Waals surface area contributed by atoms with Gasteiger partial charge in [-0.25, -0.2) is 0 Å². The molecule has 0 radical (unpaired) electrons. The molecule has 2 N–H and O–H groups in total. The molecule has 0 aromatic heterocycles. The first-order valence-corrected chi connectivity index (χ1v) is 4.17. The van der Waals surface area contributed by atoms with E-state index in [0.717, 1.165) is 19.3 Å². The first-order valence-electron chi connectivity index (χ1n) is 4.17. The third-order valence-corrected chi connectivity index (χ3v) is 1.36. The maximum absolute atomic E-state index is 10.7. The lowest BCUT2D eigenvalue weighted by atomic mass is 10.3. The molecule has 0 fully saturated rings. The summed E-state index contributed by atoms with van der Waals surface area (Å²) >= 11 is 0. The van der Waals surface area contributed by atoms with E-state index < -0.39 is 0 Å². The van der Waals surface area contributed by atoms with Crippen LogP contribution in [0.4, 0.5) is 0 Å². The highest BCUT2D eigenvalue weighted by Gasteiger charge is 1.98. The minimum Gasteiger partial charge on any atom is -0.466 e. The van der Waals surface area contributed by atoms with Gasteiger partial charge in [0.05, 0.1) is 13.0 Å². The van der Waals surface area contributed by atoms with Crippen molar-refractivity contribution in [1.29, 1.82) is 0 Å².